The fraction of sp³-hybridized carbons (Fsp3) is 0.367. The lowest BCUT2D eigenvalue weighted by Crippen LogP contribution is -2.53. The molecule has 40 heavy (non-hydrogen) atoms. The normalized spacial score (nSPS) is 17.0. The SMILES string of the molecule is N#Cc1ccc(CN2CCC(N3CCN(c4ncc(C(=O)NCc5ccc(F)c(F)c5)cc4Br)CC3)CC2)cc1. The van der Waals surface area contributed by atoms with Gasteiger partial charge in [0.25, 0.3) is 5.91 Å². The number of pyridine rings is 1. The molecule has 0 bridgehead atoms. The van der Waals surface area contributed by atoms with E-state index in [9.17, 15) is 13.6 Å². The molecule has 0 radical (unpaired) electrons. The van der Waals surface area contributed by atoms with Crippen LogP contribution in [0.25, 0.3) is 0 Å². The molecule has 0 atom stereocenters. The lowest BCUT2D eigenvalue weighted by molar-refractivity contribution is 0.0950. The number of benzene rings is 2. The number of halogens is 3. The number of piperidine rings is 1. The van der Waals surface area contributed by atoms with Gasteiger partial charge in [0.05, 0.1) is 21.7 Å². The first-order chi connectivity index (χ1) is 19.4. The molecule has 0 aliphatic carbocycles. The molecule has 2 aliphatic heterocycles. The first-order valence-electron chi connectivity index (χ1n) is 13.5. The second-order valence-corrected chi connectivity index (χ2v) is 11.2. The van der Waals surface area contributed by atoms with Gasteiger partial charge >= 0.3 is 0 Å². The first-order valence-corrected chi connectivity index (χ1v) is 14.3. The number of amides is 1. The summed E-state index contributed by atoms with van der Waals surface area (Å²) in [5, 5.41) is 11.7. The van der Waals surface area contributed by atoms with Crippen LogP contribution in [0.1, 0.15) is 39.9 Å². The van der Waals surface area contributed by atoms with Gasteiger partial charge in [-0.05, 0) is 83.3 Å². The van der Waals surface area contributed by atoms with Crippen molar-refractivity contribution < 1.29 is 13.6 Å². The molecule has 5 rings (SSSR count). The Balaban J connectivity index is 1.08. The third-order valence-corrected chi connectivity index (χ3v) is 8.28. The van der Waals surface area contributed by atoms with Crippen LogP contribution in [-0.4, -0.2) is 66.0 Å². The number of nitriles is 1. The van der Waals surface area contributed by atoms with Crippen molar-refractivity contribution in [2.75, 3.05) is 44.2 Å². The van der Waals surface area contributed by atoms with Crippen LogP contribution in [0.3, 0.4) is 0 Å². The average Bonchev–Trinajstić information content (AvgIpc) is 2.98. The van der Waals surface area contributed by atoms with Crippen molar-refractivity contribution in [1.29, 1.82) is 5.26 Å². The number of carbonyl (C=O) groups is 1. The quantitative estimate of drug-likeness (QED) is 0.419. The van der Waals surface area contributed by atoms with Crippen molar-refractivity contribution in [2.45, 2.75) is 32.0 Å². The summed E-state index contributed by atoms with van der Waals surface area (Å²) in [5.41, 5.74) is 2.81. The van der Waals surface area contributed by atoms with Gasteiger partial charge in [-0.3, -0.25) is 14.6 Å². The van der Waals surface area contributed by atoms with E-state index in [1.165, 1.54) is 11.6 Å². The molecule has 10 heteroatoms. The molecular formula is C30H31BrF2N6O. The fourth-order valence-corrected chi connectivity index (χ4v) is 6.01. The highest BCUT2D eigenvalue weighted by molar-refractivity contribution is 9.10. The average molecular weight is 610 g/mol. The molecule has 2 fully saturated rings. The van der Waals surface area contributed by atoms with E-state index in [0.717, 1.165) is 81.1 Å². The van der Waals surface area contributed by atoms with Gasteiger partial charge in [-0.15, -0.1) is 0 Å². The van der Waals surface area contributed by atoms with Gasteiger partial charge in [0, 0.05) is 51.5 Å². The monoisotopic (exact) mass is 608 g/mol. The maximum atomic E-state index is 13.4. The second-order valence-electron chi connectivity index (χ2n) is 10.3. The predicted molar refractivity (Wildman–Crippen MR) is 153 cm³/mol. The van der Waals surface area contributed by atoms with Crippen LogP contribution in [0.5, 0.6) is 0 Å². The summed E-state index contributed by atoms with van der Waals surface area (Å²) >= 11 is 3.59. The molecule has 3 heterocycles. The lowest BCUT2D eigenvalue weighted by Gasteiger charge is -2.43. The highest BCUT2D eigenvalue weighted by Crippen LogP contribution is 2.27. The molecule has 2 aromatic carbocycles. The van der Waals surface area contributed by atoms with Crippen LogP contribution in [0.2, 0.25) is 0 Å². The minimum Gasteiger partial charge on any atom is -0.353 e. The third-order valence-electron chi connectivity index (χ3n) is 7.70. The van der Waals surface area contributed by atoms with Gasteiger partial charge in [-0.1, -0.05) is 18.2 Å². The van der Waals surface area contributed by atoms with E-state index in [1.807, 2.05) is 24.3 Å². The number of piperazine rings is 1. The highest BCUT2D eigenvalue weighted by atomic mass is 79.9. The molecule has 2 aliphatic rings. The molecule has 3 aromatic rings. The van der Waals surface area contributed by atoms with Crippen LogP contribution < -0.4 is 10.2 Å². The van der Waals surface area contributed by atoms with Gasteiger partial charge < -0.3 is 10.2 Å². The van der Waals surface area contributed by atoms with Gasteiger partial charge in [0.2, 0.25) is 0 Å². The summed E-state index contributed by atoms with van der Waals surface area (Å²) in [6, 6.07) is 15.9. The predicted octanol–water partition coefficient (Wildman–Crippen LogP) is 4.71. The largest absolute Gasteiger partial charge is 0.353 e. The van der Waals surface area contributed by atoms with Crippen molar-refractivity contribution in [3.63, 3.8) is 0 Å². The zero-order chi connectivity index (χ0) is 28.1. The maximum absolute atomic E-state index is 13.4. The number of rotatable bonds is 7. The van der Waals surface area contributed by atoms with Gasteiger partial charge in [0.1, 0.15) is 5.82 Å². The van der Waals surface area contributed by atoms with E-state index in [0.29, 0.717) is 22.7 Å². The molecule has 7 nitrogen and oxygen atoms in total. The van der Waals surface area contributed by atoms with E-state index in [1.54, 1.807) is 12.3 Å². The Labute approximate surface area is 241 Å². The summed E-state index contributed by atoms with van der Waals surface area (Å²) in [5.74, 6) is -1.37. The Morgan fingerprint density at radius 3 is 2.33 bits per heavy atom. The summed E-state index contributed by atoms with van der Waals surface area (Å²) in [7, 11) is 0. The van der Waals surface area contributed by atoms with Crippen molar-refractivity contribution >= 4 is 27.7 Å². The Bertz CT molecular complexity index is 1380. The summed E-state index contributed by atoms with van der Waals surface area (Å²) in [6.45, 7) is 6.79. The molecule has 1 amide bonds. The minimum atomic E-state index is -0.939. The summed E-state index contributed by atoms with van der Waals surface area (Å²) in [4.78, 5) is 24.5. The van der Waals surface area contributed by atoms with Crippen molar-refractivity contribution in [1.82, 2.24) is 20.1 Å². The number of likely N-dealkylation sites (tertiary alicyclic amines) is 1. The number of nitrogens with one attached hydrogen (secondary N) is 1. The number of carbonyl (C=O) groups excluding carboxylic acids is 1. The second kappa shape index (κ2) is 12.9. The van der Waals surface area contributed by atoms with Gasteiger partial charge in [-0.2, -0.15) is 5.26 Å². The topological polar surface area (TPSA) is 75.5 Å². The molecule has 208 valence electrons. The number of aromatic nitrogens is 1. The standard InChI is InChI=1S/C30H31BrF2N6O/c31-26-16-24(30(40)36-18-23-5-6-27(32)28(33)15-23)19-35-29(26)39-13-11-38(12-14-39)25-7-9-37(10-8-25)20-22-3-1-21(17-34)2-4-22/h1-6,15-16,19,25H,7-14,18,20H2,(H,36,40). The Morgan fingerprint density at radius 2 is 1.68 bits per heavy atom. The van der Waals surface area contributed by atoms with Crippen molar-refractivity contribution in [2.24, 2.45) is 0 Å². The maximum Gasteiger partial charge on any atom is 0.253 e. The number of anilines is 1. The summed E-state index contributed by atoms with van der Waals surface area (Å²) in [6.07, 6.45) is 3.84. The van der Waals surface area contributed by atoms with Crippen LogP contribution in [0.15, 0.2) is 59.2 Å². The van der Waals surface area contributed by atoms with Crippen molar-refractivity contribution in [3.8, 4) is 6.07 Å². The molecule has 2 saturated heterocycles. The minimum absolute atomic E-state index is 0.0890. The first kappa shape index (κ1) is 28.1. The lowest BCUT2D eigenvalue weighted by atomic mass is 10.0. The van der Waals surface area contributed by atoms with E-state index in [-0.39, 0.29) is 12.5 Å². The van der Waals surface area contributed by atoms with Gasteiger partial charge in [-0.25, -0.2) is 13.8 Å². The van der Waals surface area contributed by atoms with E-state index >= 15 is 0 Å². The summed E-state index contributed by atoms with van der Waals surface area (Å²) < 4.78 is 27.3. The third kappa shape index (κ3) is 6.84. The molecule has 0 spiro atoms. The zero-order valence-corrected chi connectivity index (χ0v) is 23.7. The Hall–Kier alpha value is -3.39. The zero-order valence-electron chi connectivity index (χ0n) is 22.1. The van der Waals surface area contributed by atoms with Crippen LogP contribution in [-0.2, 0) is 13.1 Å². The molecule has 1 aromatic heterocycles. The molecule has 1 N–H and O–H groups in total. The van der Waals surface area contributed by atoms with Crippen LogP contribution in [0.4, 0.5) is 14.6 Å². The number of hydrogen-bond acceptors (Lipinski definition) is 6. The molecule has 0 saturated carbocycles. The number of nitrogens with zero attached hydrogens (tertiary/aromatic N) is 5. The van der Waals surface area contributed by atoms with Crippen LogP contribution >= 0.6 is 15.9 Å². The highest BCUT2D eigenvalue weighted by Gasteiger charge is 2.28. The van der Waals surface area contributed by atoms with E-state index < -0.39 is 11.6 Å². The van der Waals surface area contributed by atoms with E-state index in [4.69, 9.17) is 5.26 Å². The number of hydrogen-bond donors (Lipinski definition) is 1. The molecular weight excluding hydrogens is 578 g/mol. The van der Waals surface area contributed by atoms with E-state index in [2.05, 4.69) is 47.0 Å². The van der Waals surface area contributed by atoms with Crippen molar-refractivity contribution in [3.05, 3.63) is 93.1 Å². The smallest absolute Gasteiger partial charge is 0.253 e. The van der Waals surface area contributed by atoms with Crippen LogP contribution in [0, 0.1) is 23.0 Å². The Morgan fingerprint density at radius 1 is 0.975 bits per heavy atom. The fourth-order valence-electron chi connectivity index (χ4n) is 5.41. The molecule has 0 unspecified atom stereocenters. The van der Waals surface area contributed by atoms with Gasteiger partial charge in [0.15, 0.2) is 11.6 Å². The Kier molecular flexibility index (Phi) is 9.04.